The summed E-state index contributed by atoms with van der Waals surface area (Å²) >= 11 is 0. The van der Waals surface area contributed by atoms with Gasteiger partial charge in [0.1, 0.15) is 5.82 Å². The highest BCUT2D eigenvalue weighted by Crippen LogP contribution is 2.32. The summed E-state index contributed by atoms with van der Waals surface area (Å²) in [5.74, 6) is -2.38. The summed E-state index contributed by atoms with van der Waals surface area (Å²) in [5, 5.41) is 2.55. The maximum atomic E-state index is 13.8. The highest BCUT2D eigenvalue weighted by atomic mass is 19.4. The normalized spacial score (nSPS) is 12.3. The molecule has 0 heterocycles. The number of carbonyl (C=O) groups excluding carboxylic acids is 1. The van der Waals surface area contributed by atoms with Crippen LogP contribution in [0.4, 0.5) is 17.6 Å². The highest BCUT2D eigenvalue weighted by molar-refractivity contribution is 5.95. The van der Waals surface area contributed by atoms with Crippen LogP contribution in [0.15, 0.2) is 18.2 Å². The van der Waals surface area contributed by atoms with E-state index in [4.69, 9.17) is 0 Å². The maximum absolute atomic E-state index is 13.8. The van der Waals surface area contributed by atoms with Crippen LogP contribution < -0.4 is 5.32 Å². The molecule has 0 aliphatic carbocycles. The molecule has 1 aromatic rings. The van der Waals surface area contributed by atoms with Gasteiger partial charge in [-0.1, -0.05) is 19.4 Å². The largest absolute Gasteiger partial charge is 0.419 e. The van der Waals surface area contributed by atoms with E-state index in [2.05, 4.69) is 5.32 Å². The molecule has 0 aliphatic rings. The van der Waals surface area contributed by atoms with Gasteiger partial charge in [0.05, 0.1) is 11.1 Å². The van der Waals surface area contributed by atoms with Crippen LogP contribution in [0.2, 0.25) is 0 Å². The third kappa shape index (κ3) is 3.95. The Hall–Kier alpha value is -1.59. The minimum atomic E-state index is -4.82. The van der Waals surface area contributed by atoms with E-state index < -0.39 is 34.6 Å². The quantitative estimate of drug-likeness (QED) is 0.829. The minimum Gasteiger partial charge on any atom is -0.347 e. The van der Waals surface area contributed by atoms with Gasteiger partial charge in [-0.05, 0) is 32.4 Å². The molecule has 0 aliphatic heterocycles. The molecule has 20 heavy (non-hydrogen) atoms. The van der Waals surface area contributed by atoms with Gasteiger partial charge in [0.25, 0.3) is 5.91 Å². The van der Waals surface area contributed by atoms with Gasteiger partial charge in [0.15, 0.2) is 0 Å². The fraction of sp³-hybridized carbons (Fsp3) is 0.500. The molecule has 0 fully saturated rings. The highest BCUT2D eigenvalue weighted by Gasteiger charge is 2.36. The number of alkyl halides is 3. The van der Waals surface area contributed by atoms with E-state index in [1.807, 2.05) is 6.92 Å². The molecule has 1 amide bonds. The molecule has 0 unspecified atom stereocenters. The molecule has 1 rings (SSSR count). The standard InChI is InChI=1S/C14H17F4NO/c1-4-8-13(2,3)19-12(20)9-6-5-7-10(11(9)15)14(16,17)18/h5-7H,4,8H2,1-3H3,(H,19,20). The number of carbonyl (C=O) groups is 1. The number of rotatable bonds is 4. The van der Waals surface area contributed by atoms with Crippen molar-refractivity contribution in [2.75, 3.05) is 0 Å². The molecule has 2 nitrogen and oxygen atoms in total. The first-order valence-corrected chi connectivity index (χ1v) is 6.26. The van der Waals surface area contributed by atoms with Crippen LogP contribution >= 0.6 is 0 Å². The molecule has 0 saturated carbocycles. The van der Waals surface area contributed by atoms with Crippen LogP contribution in [0, 0.1) is 5.82 Å². The minimum absolute atomic E-state index is 0.594. The second-order valence-electron chi connectivity index (χ2n) is 5.25. The third-order valence-corrected chi connectivity index (χ3v) is 2.88. The average Bonchev–Trinajstić information content (AvgIpc) is 2.26. The number of nitrogens with one attached hydrogen (secondary N) is 1. The average molecular weight is 291 g/mol. The first-order chi connectivity index (χ1) is 9.08. The maximum Gasteiger partial charge on any atom is 0.419 e. The molecule has 0 atom stereocenters. The predicted molar refractivity (Wildman–Crippen MR) is 67.9 cm³/mol. The lowest BCUT2D eigenvalue weighted by Crippen LogP contribution is -2.43. The van der Waals surface area contributed by atoms with E-state index in [0.717, 1.165) is 18.6 Å². The van der Waals surface area contributed by atoms with Crippen molar-refractivity contribution in [1.29, 1.82) is 0 Å². The lowest BCUT2D eigenvalue weighted by Gasteiger charge is -2.26. The summed E-state index contributed by atoms with van der Waals surface area (Å²) < 4.78 is 51.5. The van der Waals surface area contributed by atoms with Crippen LogP contribution in [-0.4, -0.2) is 11.4 Å². The lowest BCUT2D eigenvalue weighted by molar-refractivity contribution is -0.140. The van der Waals surface area contributed by atoms with Crippen molar-refractivity contribution in [2.24, 2.45) is 0 Å². The van der Waals surface area contributed by atoms with Crippen LogP contribution in [0.25, 0.3) is 0 Å². The number of benzene rings is 1. The van der Waals surface area contributed by atoms with Gasteiger partial charge in [0.2, 0.25) is 0 Å². The number of hydrogen-bond donors (Lipinski definition) is 1. The van der Waals surface area contributed by atoms with Gasteiger partial charge in [-0.15, -0.1) is 0 Å². The zero-order valence-corrected chi connectivity index (χ0v) is 11.6. The SMILES string of the molecule is CCCC(C)(C)NC(=O)c1cccc(C(F)(F)F)c1F. The molecule has 1 aromatic carbocycles. The molecule has 0 aromatic heterocycles. The Labute approximate surface area is 115 Å². The lowest BCUT2D eigenvalue weighted by atomic mass is 9.98. The Bertz CT molecular complexity index is 494. The van der Waals surface area contributed by atoms with Crippen molar-refractivity contribution >= 4 is 5.91 Å². The molecule has 6 heteroatoms. The van der Waals surface area contributed by atoms with E-state index in [1.54, 1.807) is 13.8 Å². The van der Waals surface area contributed by atoms with E-state index in [-0.39, 0.29) is 0 Å². The van der Waals surface area contributed by atoms with Crippen molar-refractivity contribution in [3.05, 3.63) is 35.1 Å². The number of halogens is 4. The molecular weight excluding hydrogens is 274 g/mol. The summed E-state index contributed by atoms with van der Waals surface area (Å²) in [6, 6.07) is 2.68. The summed E-state index contributed by atoms with van der Waals surface area (Å²) in [6.45, 7) is 5.39. The Morgan fingerprint density at radius 2 is 1.85 bits per heavy atom. The van der Waals surface area contributed by atoms with Gasteiger partial charge in [-0.25, -0.2) is 4.39 Å². The van der Waals surface area contributed by atoms with Crippen LogP contribution in [0.5, 0.6) is 0 Å². The monoisotopic (exact) mass is 291 g/mol. The number of amides is 1. The topological polar surface area (TPSA) is 29.1 Å². The summed E-state index contributed by atoms with van der Waals surface area (Å²) in [7, 11) is 0. The van der Waals surface area contributed by atoms with Crippen LogP contribution in [0.3, 0.4) is 0 Å². The van der Waals surface area contributed by atoms with Crippen molar-refractivity contribution in [3.8, 4) is 0 Å². The Morgan fingerprint density at radius 1 is 1.25 bits per heavy atom. The summed E-state index contributed by atoms with van der Waals surface area (Å²) in [4.78, 5) is 11.9. The Kier molecular flexibility index (Phi) is 4.78. The fourth-order valence-corrected chi connectivity index (χ4v) is 1.99. The zero-order valence-electron chi connectivity index (χ0n) is 11.6. The van der Waals surface area contributed by atoms with Gasteiger partial charge < -0.3 is 5.32 Å². The van der Waals surface area contributed by atoms with E-state index in [0.29, 0.717) is 12.5 Å². The van der Waals surface area contributed by atoms with Gasteiger partial charge >= 0.3 is 6.18 Å². The van der Waals surface area contributed by atoms with Gasteiger partial charge in [-0.2, -0.15) is 13.2 Å². The molecule has 0 bridgehead atoms. The van der Waals surface area contributed by atoms with Crippen molar-refractivity contribution in [3.63, 3.8) is 0 Å². The molecule has 0 spiro atoms. The second kappa shape index (κ2) is 5.81. The summed E-state index contributed by atoms with van der Waals surface area (Å²) in [5.41, 5.74) is -2.63. The van der Waals surface area contributed by atoms with Crippen LogP contribution in [-0.2, 0) is 6.18 Å². The third-order valence-electron chi connectivity index (χ3n) is 2.88. The van der Waals surface area contributed by atoms with Crippen LogP contribution in [0.1, 0.15) is 49.5 Å². The van der Waals surface area contributed by atoms with E-state index in [9.17, 15) is 22.4 Å². The van der Waals surface area contributed by atoms with Crippen molar-refractivity contribution in [2.45, 2.75) is 45.3 Å². The fourth-order valence-electron chi connectivity index (χ4n) is 1.99. The number of hydrogen-bond acceptors (Lipinski definition) is 1. The molecule has 0 radical (unpaired) electrons. The molecule has 1 N–H and O–H groups in total. The predicted octanol–water partition coefficient (Wildman–Crippen LogP) is 4.15. The molecule has 112 valence electrons. The Balaban J connectivity index is 3.06. The van der Waals surface area contributed by atoms with Gasteiger partial charge in [-0.3, -0.25) is 4.79 Å². The first kappa shape index (κ1) is 16.5. The summed E-state index contributed by atoms with van der Waals surface area (Å²) in [6.07, 6.45) is -3.39. The smallest absolute Gasteiger partial charge is 0.347 e. The first-order valence-electron chi connectivity index (χ1n) is 6.26. The molecular formula is C14H17F4NO. The van der Waals surface area contributed by atoms with Crippen molar-refractivity contribution in [1.82, 2.24) is 5.32 Å². The van der Waals surface area contributed by atoms with E-state index >= 15 is 0 Å². The van der Waals surface area contributed by atoms with E-state index in [1.165, 1.54) is 0 Å². The second-order valence-corrected chi connectivity index (χ2v) is 5.25. The van der Waals surface area contributed by atoms with Gasteiger partial charge in [0, 0.05) is 5.54 Å². The molecule has 0 saturated heterocycles. The Morgan fingerprint density at radius 3 is 2.35 bits per heavy atom. The zero-order chi connectivity index (χ0) is 15.6. The van der Waals surface area contributed by atoms with Crippen molar-refractivity contribution < 1.29 is 22.4 Å².